The molecule has 21 heavy (non-hydrogen) atoms. The maximum Gasteiger partial charge on any atom is 0.227 e. The van der Waals surface area contributed by atoms with Gasteiger partial charge in [-0.2, -0.15) is 0 Å². The predicted octanol–water partition coefficient (Wildman–Crippen LogP) is 1.01. The van der Waals surface area contributed by atoms with E-state index in [1.54, 1.807) is 7.11 Å². The van der Waals surface area contributed by atoms with E-state index in [2.05, 4.69) is 22.0 Å². The van der Waals surface area contributed by atoms with Crippen molar-refractivity contribution in [3.63, 3.8) is 0 Å². The van der Waals surface area contributed by atoms with Gasteiger partial charge in [-0.15, -0.1) is 24.8 Å². The first-order chi connectivity index (χ1) is 9.22. The number of carbonyl (C=O) groups is 1. The van der Waals surface area contributed by atoms with Crippen molar-refractivity contribution in [2.75, 3.05) is 53.0 Å². The summed E-state index contributed by atoms with van der Waals surface area (Å²) < 4.78 is 5.13. The van der Waals surface area contributed by atoms with E-state index in [0.29, 0.717) is 11.9 Å². The maximum atomic E-state index is 12.5. The average Bonchev–Trinajstić information content (AvgIpc) is 2.46. The topological polar surface area (TPSA) is 44.8 Å². The van der Waals surface area contributed by atoms with Gasteiger partial charge in [0.15, 0.2) is 0 Å². The molecule has 2 rings (SSSR count). The lowest BCUT2D eigenvalue weighted by Crippen LogP contribution is -2.56. The van der Waals surface area contributed by atoms with Crippen LogP contribution in [0.4, 0.5) is 0 Å². The van der Waals surface area contributed by atoms with Crippen molar-refractivity contribution in [2.24, 2.45) is 5.92 Å². The van der Waals surface area contributed by atoms with Crippen molar-refractivity contribution >= 4 is 30.7 Å². The fourth-order valence-electron chi connectivity index (χ4n) is 3.06. The smallest absolute Gasteiger partial charge is 0.227 e. The molecule has 0 aliphatic carbocycles. The third kappa shape index (κ3) is 5.91. The summed E-state index contributed by atoms with van der Waals surface area (Å²) in [4.78, 5) is 16.9. The van der Waals surface area contributed by atoms with Gasteiger partial charge in [-0.1, -0.05) is 0 Å². The molecule has 0 spiro atoms. The molecule has 0 saturated carbocycles. The molecular weight excluding hydrogens is 313 g/mol. The van der Waals surface area contributed by atoms with Crippen LogP contribution in [0.1, 0.15) is 19.8 Å². The van der Waals surface area contributed by atoms with Gasteiger partial charge in [0.05, 0.1) is 12.5 Å². The number of carbonyl (C=O) groups excluding carboxylic acids is 1. The maximum absolute atomic E-state index is 12.5. The van der Waals surface area contributed by atoms with Crippen molar-refractivity contribution in [2.45, 2.75) is 25.8 Å². The van der Waals surface area contributed by atoms with Gasteiger partial charge >= 0.3 is 0 Å². The van der Waals surface area contributed by atoms with Gasteiger partial charge in [0.2, 0.25) is 5.91 Å². The zero-order valence-electron chi connectivity index (χ0n) is 13.0. The third-order valence-corrected chi connectivity index (χ3v) is 4.31. The Hall–Kier alpha value is -0.0700. The molecule has 2 unspecified atom stereocenters. The molecule has 1 N–H and O–H groups in total. The van der Waals surface area contributed by atoms with E-state index >= 15 is 0 Å². The molecule has 2 aliphatic rings. The summed E-state index contributed by atoms with van der Waals surface area (Å²) in [6.45, 7) is 8.55. The van der Waals surface area contributed by atoms with Crippen LogP contribution in [-0.2, 0) is 9.53 Å². The zero-order valence-corrected chi connectivity index (χ0v) is 14.7. The van der Waals surface area contributed by atoms with Gasteiger partial charge < -0.3 is 15.0 Å². The van der Waals surface area contributed by atoms with Crippen molar-refractivity contribution in [3.8, 4) is 0 Å². The standard InChI is InChI=1S/C14H27N3O2.2ClH/c1-12-11-17(7-6-16(12)8-9-19-2)14(18)13-4-3-5-15-10-13;;/h12-13,15H,3-11H2,1-2H3;2*1H. The molecule has 0 radical (unpaired) electrons. The Morgan fingerprint density at radius 1 is 1.33 bits per heavy atom. The highest BCUT2D eigenvalue weighted by atomic mass is 35.5. The molecule has 0 aromatic heterocycles. The van der Waals surface area contributed by atoms with Gasteiger partial charge in [-0.3, -0.25) is 9.69 Å². The molecule has 0 aromatic rings. The van der Waals surface area contributed by atoms with Crippen LogP contribution in [-0.4, -0.2) is 74.7 Å². The second-order valence-corrected chi connectivity index (χ2v) is 5.71. The second-order valence-electron chi connectivity index (χ2n) is 5.71. The van der Waals surface area contributed by atoms with E-state index < -0.39 is 0 Å². The molecule has 2 aliphatic heterocycles. The Kier molecular flexibility index (Phi) is 10.6. The molecule has 2 heterocycles. The summed E-state index contributed by atoms with van der Waals surface area (Å²) in [6, 6.07) is 0.435. The number of nitrogens with one attached hydrogen (secondary N) is 1. The monoisotopic (exact) mass is 341 g/mol. The Morgan fingerprint density at radius 3 is 2.67 bits per heavy atom. The summed E-state index contributed by atoms with van der Waals surface area (Å²) in [5.41, 5.74) is 0. The minimum Gasteiger partial charge on any atom is -0.383 e. The molecule has 2 fully saturated rings. The number of hydrogen-bond acceptors (Lipinski definition) is 4. The Bertz CT molecular complexity index is 302. The second kappa shape index (κ2) is 10.6. The number of halogens is 2. The van der Waals surface area contributed by atoms with E-state index in [4.69, 9.17) is 4.74 Å². The van der Waals surface area contributed by atoms with Crippen molar-refractivity contribution in [3.05, 3.63) is 0 Å². The zero-order chi connectivity index (χ0) is 13.7. The summed E-state index contributed by atoms with van der Waals surface area (Å²) in [5, 5.41) is 3.33. The first-order valence-corrected chi connectivity index (χ1v) is 7.45. The number of methoxy groups -OCH3 is 1. The highest BCUT2D eigenvalue weighted by molar-refractivity contribution is 5.85. The number of hydrogen-bond donors (Lipinski definition) is 1. The van der Waals surface area contributed by atoms with Crippen LogP contribution in [0.2, 0.25) is 0 Å². The van der Waals surface area contributed by atoms with Crippen molar-refractivity contribution in [1.82, 2.24) is 15.1 Å². The molecule has 2 atom stereocenters. The van der Waals surface area contributed by atoms with Crippen LogP contribution in [0.15, 0.2) is 0 Å². The number of rotatable bonds is 4. The highest BCUT2D eigenvalue weighted by Gasteiger charge is 2.31. The molecule has 2 saturated heterocycles. The minimum atomic E-state index is 0. The number of piperidine rings is 1. The number of amides is 1. The van der Waals surface area contributed by atoms with E-state index in [-0.39, 0.29) is 30.7 Å². The Balaban J connectivity index is 0.00000200. The first kappa shape index (κ1) is 20.9. The van der Waals surface area contributed by atoms with Gasteiger partial charge in [-0.25, -0.2) is 0 Å². The van der Waals surface area contributed by atoms with Gasteiger partial charge in [0.25, 0.3) is 0 Å². The van der Waals surface area contributed by atoms with E-state index in [9.17, 15) is 4.79 Å². The van der Waals surface area contributed by atoms with Crippen molar-refractivity contribution in [1.29, 1.82) is 0 Å². The first-order valence-electron chi connectivity index (χ1n) is 7.45. The molecule has 0 bridgehead atoms. The molecule has 5 nitrogen and oxygen atoms in total. The number of nitrogens with zero attached hydrogens (tertiary/aromatic N) is 2. The normalized spacial score (nSPS) is 26.7. The van der Waals surface area contributed by atoms with Crippen LogP contribution < -0.4 is 5.32 Å². The number of piperazine rings is 1. The highest BCUT2D eigenvalue weighted by Crippen LogP contribution is 2.17. The van der Waals surface area contributed by atoms with Crippen LogP contribution in [0.3, 0.4) is 0 Å². The van der Waals surface area contributed by atoms with E-state index in [1.165, 1.54) is 0 Å². The van der Waals surface area contributed by atoms with Gasteiger partial charge in [0, 0.05) is 45.9 Å². The molecule has 1 amide bonds. The average molecular weight is 342 g/mol. The fraction of sp³-hybridized carbons (Fsp3) is 0.929. The van der Waals surface area contributed by atoms with Crippen molar-refractivity contribution < 1.29 is 9.53 Å². The Labute approximate surface area is 140 Å². The summed E-state index contributed by atoms with van der Waals surface area (Å²) in [7, 11) is 1.74. The summed E-state index contributed by atoms with van der Waals surface area (Å²) in [6.07, 6.45) is 2.17. The lowest BCUT2D eigenvalue weighted by molar-refractivity contribution is -0.139. The van der Waals surface area contributed by atoms with Crippen LogP contribution in [0.5, 0.6) is 0 Å². The quantitative estimate of drug-likeness (QED) is 0.828. The van der Waals surface area contributed by atoms with Gasteiger partial charge in [-0.05, 0) is 26.3 Å². The third-order valence-electron chi connectivity index (χ3n) is 4.31. The van der Waals surface area contributed by atoms with E-state index in [1.807, 2.05) is 0 Å². The minimum absolute atomic E-state index is 0. The fourth-order valence-corrected chi connectivity index (χ4v) is 3.06. The molecular formula is C14H29Cl2N3O2. The summed E-state index contributed by atoms with van der Waals surface area (Å²) in [5.74, 6) is 0.553. The van der Waals surface area contributed by atoms with Crippen LogP contribution >= 0.6 is 24.8 Å². The molecule has 126 valence electrons. The SMILES string of the molecule is COCCN1CCN(C(=O)C2CCCNC2)CC1C.Cl.Cl. The van der Waals surface area contributed by atoms with Crippen LogP contribution in [0, 0.1) is 5.92 Å². The Morgan fingerprint density at radius 2 is 2.10 bits per heavy atom. The molecule has 0 aromatic carbocycles. The largest absolute Gasteiger partial charge is 0.383 e. The lowest BCUT2D eigenvalue weighted by Gasteiger charge is -2.41. The van der Waals surface area contributed by atoms with E-state index in [0.717, 1.165) is 58.7 Å². The molecule has 7 heteroatoms. The number of ether oxygens (including phenoxy) is 1. The van der Waals surface area contributed by atoms with Crippen LogP contribution in [0.25, 0.3) is 0 Å². The lowest BCUT2D eigenvalue weighted by atomic mass is 9.97. The van der Waals surface area contributed by atoms with Gasteiger partial charge in [0.1, 0.15) is 0 Å². The predicted molar refractivity (Wildman–Crippen MR) is 89.6 cm³/mol. The summed E-state index contributed by atoms with van der Waals surface area (Å²) >= 11 is 0.